The lowest BCUT2D eigenvalue weighted by atomic mass is 9.94. The highest BCUT2D eigenvalue weighted by molar-refractivity contribution is 4.79. The molecule has 3 nitrogen and oxygen atoms in total. The molecule has 0 aliphatic carbocycles. The van der Waals surface area contributed by atoms with E-state index in [9.17, 15) is 0 Å². The van der Waals surface area contributed by atoms with Crippen molar-refractivity contribution in [1.29, 1.82) is 0 Å². The molecule has 3 aliphatic heterocycles. The minimum atomic E-state index is 0.295. The van der Waals surface area contributed by atoms with Crippen LogP contribution in [-0.4, -0.2) is 47.9 Å². The Labute approximate surface area is 67.6 Å². The van der Waals surface area contributed by atoms with Gasteiger partial charge < -0.3 is 5.11 Å². The number of piperidine rings is 1. The van der Waals surface area contributed by atoms with Gasteiger partial charge in [-0.25, -0.2) is 10.0 Å². The molecule has 0 unspecified atom stereocenters. The van der Waals surface area contributed by atoms with Crippen LogP contribution < -0.4 is 0 Å². The zero-order valence-electron chi connectivity index (χ0n) is 6.87. The highest BCUT2D eigenvalue weighted by Crippen LogP contribution is 2.25. The molecule has 3 heteroatoms. The molecule has 0 aromatic carbocycles. The first-order valence-electron chi connectivity index (χ1n) is 4.51. The third-order valence-electron chi connectivity index (χ3n) is 2.82. The molecule has 3 fully saturated rings. The second-order valence-corrected chi connectivity index (χ2v) is 3.53. The zero-order valence-corrected chi connectivity index (χ0v) is 6.87. The molecule has 0 saturated carbocycles. The molecule has 0 atom stereocenters. The Bertz CT molecular complexity index is 132. The third kappa shape index (κ3) is 1.41. The molecule has 3 saturated heterocycles. The average Bonchev–Trinajstić information content (AvgIpc) is 2.07. The lowest BCUT2D eigenvalue weighted by Crippen LogP contribution is -2.56. The lowest BCUT2D eigenvalue weighted by molar-refractivity contribution is -0.115. The molecule has 0 aromatic heterocycles. The maximum absolute atomic E-state index is 8.78. The number of fused-ring (bicyclic) bond motifs is 3. The fraction of sp³-hybridized carbons (Fsp3) is 1.00. The van der Waals surface area contributed by atoms with E-state index in [0.29, 0.717) is 6.61 Å². The van der Waals surface area contributed by atoms with E-state index in [-0.39, 0.29) is 0 Å². The van der Waals surface area contributed by atoms with E-state index >= 15 is 0 Å². The van der Waals surface area contributed by atoms with Crippen LogP contribution >= 0.6 is 0 Å². The van der Waals surface area contributed by atoms with Gasteiger partial charge >= 0.3 is 0 Å². The van der Waals surface area contributed by atoms with Gasteiger partial charge in [0.25, 0.3) is 0 Å². The second kappa shape index (κ2) is 3.09. The van der Waals surface area contributed by atoms with Crippen molar-refractivity contribution in [3.63, 3.8) is 0 Å². The largest absolute Gasteiger partial charge is 0.395 e. The highest BCUT2D eigenvalue weighted by atomic mass is 16.3. The molecular formula is C8H16N2O. The minimum absolute atomic E-state index is 0.295. The van der Waals surface area contributed by atoms with E-state index in [1.165, 1.54) is 32.5 Å². The van der Waals surface area contributed by atoms with Gasteiger partial charge in [0.2, 0.25) is 0 Å². The normalized spacial score (nSPS) is 37.9. The van der Waals surface area contributed by atoms with Crippen molar-refractivity contribution < 1.29 is 5.11 Å². The van der Waals surface area contributed by atoms with Gasteiger partial charge in [-0.05, 0) is 18.8 Å². The van der Waals surface area contributed by atoms with E-state index in [4.69, 9.17) is 5.11 Å². The maximum Gasteiger partial charge on any atom is 0.0572 e. The summed E-state index contributed by atoms with van der Waals surface area (Å²) < 4.78 is 0. The number of rotatable bonds is 2. The number of aliphatic hydroxyl groups is 1. The summed E-state index contributed by atoms with van der Waals surface area (Å²) in [5.74, 6) is 0.909. The van der Waals surface area contributed by atoms with Crippen LogP contribution in [0, 0.1) is 5.92 Å². The molecule has 3 heterocycles. The summed E-state index contributed by atoms with van der Waals surface area (Å²) in [6.45, 7) is 4.73. The molecule has 64 valence electrons. The summed E-state index contributed by atoms with van der Waals surface area (Å²) in [5, 5.41) is 13.5. The summed E-state index contributed by atoms with van der Waals surface area (Å²) in [7, 11) is 0. The summed E-state index contributed by atoms with van der Waals surface area (Å²) >= 11 is 0. The Morgan fingerprint density at radius 3 is 2.45 bits per heavy atom. The topological polar surface area (TPSA) is 26.7 Å². The SMILES string of the molecule is OCCN1CC2CCN1CC2. The van der Waals surface area contributed by atoms with E-state index in [2.05, 4.69) is 10.0 Å². The maximum atomic E-state index is 8.78. The van der Waals surface area contributed by atoms with Crippen molar-refractivity contribution >= 4 is 0 Å². The van der Waals surface area contributed by atoms with Gasteiger partial charge in [-0.2, -0.15) is 0 Å². The molecular weight excluding hydrogens is 140 g/mol. The van der Waals surface area contributed by atoms with Gasteiger partial charge in [0.15, 0.2) is 0 Å². The molecule has 0 aromatic rings. The van der Waals surface area contributed by atoms with Gasteiger partial charge in [-0.1, -0.05) is 0 Å². The van der Waals surface area contributed by atoms with Gasteiger partial charge in [0, 0.05) is 26.2 Å². The third-order valence-corrected chi connectivity index (χ3v) is 2.82. The quantitative estimate of drug-likeness (QED) is 0.606. The van der Waals surface area contributed by atoms with Crippen molar-refractivity contribution in [1.82, 2.24) is 10.0 Å². The standard InChI is InChI=1S/C8H16N2O/c11-6-5-10-7-8-1-3-9(10)4-2-8/h8,11H,1-7H2. The number of hydrogen-bond donors (Lipinski definition) is 1. The molecule has 1 N–H and O–H groups in total. The highest BCUT2D eigenvalue weighted by Gasteiger charge is 2.30. The smallest absolute Gasteiger partial charge is 0.0572 e. The summed E-state index contributed by atoms with van der Waals surface area (Å²) in [4.78, 5) is 0. The number of hydrogen-bond acceptors (Lipinski definition) is 3. The summed E-state index contributed by atoms with van der Waals surface area (Å²) in [5.41, 5.74) is 0. The van der Waals surface area contributed by atoms with Crippen molar-refractivity contribution in [3.8, 4) is 0 Å². The van der Waals surface area contributed by atoms with Gasteiger partial charge in [-0.15, -0.1) is 0 Å². The Kier molecular flexibility index (Phi) is 2.11. The summed E-state index contributed by atoms with van der Waals surface area (Å²) in [6.07, 6.45) is 2.73. The first-order valence-corrected chi connectivity index (χ1v) is 4.51. The van der Waals surface area contributed by atoms with Crippen LogP contribution in [0.5, 0.6) is 0 Å². The lowest BCUT2D eigenvalue weighted by Gasteiger charge is -2.47. The first kappa shape index (κ1) is 7.53. The molecule has 2 bridgehead atoms. The molecule has 11 heavy (non-hydrogen) atoms. The van der Waals surface area contributed by atoms with Gasteiger partial charge in [-0.3, -0.25) is 0 Å². The number of hydrazine groups is 1. The molecule has 3 rings (SSSR count). The molecule has 0 spiro atoms. The zero-order chi connectivity index (χ0) is 7.68. The monoisotopic (exact) mass is 156 g/mol. The molecule has 0 amide bonds. The van der Waals surface area contributed by atoms with Crippen molar-refractivity contribution in [2.45, 2.75) is 12.8 Å². The predicted octanol–water partition coefficient (Wildman–Crippen LogP) is -0.0787. The van der Waals surface area contributed by atoms with Crippen LogP contribution in [0.4, 0.5) is 0 Å². The van der Waals surface area contributed by atoms with Crippen molar-refractivity contribution in [3.05, 3.63) is 0 Å². The van der Waals surface area contributed by atoms with Crippen LogP contribution in [0.25, 0.3) is 0 Å². The Hall–Kier alpha value is -0.120. The fourth-order valence-corrected chi connectivity index (χ4v) is 2.15. The van der Waals surface area contributed by atoms with Crippen LogP contribution in [-0.2, 0) is 0 Å². The Morgan fingerprint density at radius 1 is 1.27 bits per heavy atom. The number of aliphatic hydroxyl groups excluding tert-OH is 1. The van der Waals surface area contributed by atoms with Gasteiger partial charge in [0.1, 0.15) is 0 Å². The van der Waals surface area contributed by atoms with E-state index < -0.39 is 0 Å². The molecule has 0 radical (unpaired) electrons. The van der Waals surface area contributed by atoms with Crippen LogP contribution in [0.3, 0.4) is 0 Å². The molecule has 3 aliphatic rings. The Morgan fingerprint density at radius 2 is 2.00 bits per heavy atom. The second-order valence-electron chi connectivity index (χ2n) is 3.53. The van der Waals surface area contributed by atoms with Crippen LogP contribution in [0.1, 0.15) is 12.8 Å². The first-order chi connectivity index (χ1) is 5.40. The van der Waals surface area contributed by atoms with Gasteiger partial charge in [0.05, 0.1) is 6.61 Å². The van der Waals surface area contributed by atoms with Crippen molar-refractivity contribution in [2.75, 3.05) is 32.8 Å². The van der Waals surface area contributed by atoms with E-state index in [1.54, 1.807) is 0 Å². The van der Waals surface area contributed by atoms with Crippen LogP contribution in [0.15, 0.2) is 0 Å². The summed E-state index contributed by atoms with van der Waals surface area (Å²) in [6, 6.07) is 0. The number of nitrogens with zero attached hydrogens (tertiary/aromatic N) is 2. The minimum Gasteiger partial charge on any atom is -0.395 e. The van der Waals surface area contributed by atoms with E-state index in [1.807, 2.05) is 0 Å². The predicted molar refractivity (Wildman–Crippen MR) is 43.0 cm³/mol. The van der Waals surface area contributed by atoms with E-state index in [0.717, 1.165) is 12.5 Å². The fourth-order valence-electron chi connectivity index (χ4n) is 2.15. The average molecular weight is 156 g/mol. The Balaban J connectivity index is 1.92. The van der Waals surface area contributed by atoms with Crippen molar-refractivity contribution in [2.24, 2.45) is 5.92 Å². The van der Waals surface area contributed by atoms with Crippen LogP contribution in [0.2, 0.25) is 0 Å².